The van der Waals surface area contributed by atoms with Crippen LogP contribution in [0.1, 0.15) is 5.56 Å². The molecule has 2 heterocycles. The normalized spacial score (nSPS) is 11.5. The first-order chi connectivity index (χ1) is 18.1. The van der Waals surface area contributed by atoms with E-state index in [9.17, 15) is 4.79 Å². The second kappa shape index (κ2) is 10.6. The quantitative estimate of drug-likeness (QED) is 0.0906. The first-order valence-electron chi connectivity index (χ1n) is 11.0. The molecule has 0 atom stereocenters. The van der Waals surface area contributed by atoms with Crippen molar-refractivity contribution >= 4 is 57.4 Å². The number of nitrogens with zero attached hydrogens (tertiary/aromatic N) is 5. The second-order valence-electron chi connectivity index (χ2n) is 8.17. The molecule has 0 radical (unpaired) electrons. The maximum Gasteiger partial charge on any atom is 0.259 e. The van der Waals surface area contributed by atoms with E-state index in [0.29, 0.717) is 45.3 Å². The van der Waals surface area contributed by atoms with Gasteiger partial charge in [0.15, 0.2) is 5.84 Å². The molecule has 0 spiro atoms. The highest BCUT2D eigenvalue weighted by Crippen LogP contribution is 2.45. The Balaban J connectivity index is 1.77. The summed E-state index contributed by atoms with van der Waals surface area (Å²) in [6, 6.07) is 8.29. The topological polar surface area (TPSA) is 172 Å². The van der Waals surface area contributed by atoms with Crippen LogP contribution in [0.3, 0.4) is 0 Å². The smallest absolute Gasteiger partial charge is 0.259 e. The van der Waals surface area contributed by atoms with Crippen molar-refractivity contribution in [3.63, 3.8) is 0 Å². The van der Waals surface area contributed by atoms with Crippen LogP contribution < -0.4 is 37.8 Å². The molecule has 0 aliphatic heterocycles. The fourth-order valence-electron chi connectivity index (χ4n) is 3.91. The number of fused-ring (bicyclic) bond motifs is 1. The number of hydrazine groups is 1. The minimum absolute atomic E-state index is 0.177. The molecule has 0 saturated heterocycles. The zero-order valence-electron chi connectivity index (χ0n) is 20.9. The number of anilines is 3. The predicted molar refractivity (Wildman–Crippen MR) is 150 cm³/mol. The van der Waals surface area contributed by atoms with Crippen LogP contribution in [0.15, 0.2) is 46.4 Å². The van der Waals surface area contributed by atoms with E-state index in [-0.39, 0.29) is 32.7 Å². The van der Waals surface area contributed by atoms with Gasteiger partial charge in [-0.05, 0) is 24.3 Å². The molecule has 14 heteroatoms. The van der Waals surface area contributed by atoms with Crippen molar-refractivity contribution in [3.8, 4) is 22.6 Å². The zero-order valence-corrected chi connectivity index (χ0v) is 22.4. The maximum absolute atomic E-state index is 13.4. The van der Waals surface area contributed by atoms with E-state index in [1.165, 1.54) is 23.8 Å². The van der Waals surface area contributed by atoms with Crippen molar-refractivity contribution in [2.75, 3.05) is 32.3 Å². The first kappa shape index (κ1) is 26.8. The zero-order chi connectivity index (χ0) is 27.7. The number of methoxy groups -OCH3 is 2. The molecule has 198 valence electrons. The molecule has 0 unspecified atom stereocenters. The lowest BCUT2D eigenvalue weighted by Gasteiger charge is -2.17. The van der Waals surface area contributed by atoms with Crippen LogP contribution in [0, 0.1) is 0 Å². The predicted octanol–water partition coefficient (Wildman–Crippen LogP) is 3.07. The van der Waals surface area contributed by atoms with Gasteiger partial charge >= 0.3 is 0 Å². The number of ether oxygens (including phenoxy) is 2. The Kier molecular flexibility index (Phi) is 7.49. The molecule has 0 aliphatic carbocycles. The number of nitrogen functional groups attached to an aromatic ring is 1. The summed E-state index contributed by atoms with van der Waals surface area (Å²) in [5.74, 6) is 12.4. The number of benzene rings is 2. The average molecular weight is 558 g/mol. The number of hydrogen-bond donors (Lipinski definition) is 4. The third-order valence-corrected chi connectivity index (χ3v) is 6.55. The number of amidine groups is 1. The summed E-state index contributed by atoms with van der Waals surface area (Å²) in [6.45, 7) is 0. The van der Waals surface area contributed by atoms with Crippen molar-refractivity contribution < 1.29 is 9.47 Å². The lowest BCUT2D eigenvalue weighted by molar-refractivity contribution is 0.395. The monoisotopic (exact) mass is 557 g/mol. The third kappa shape index (κ3) is 4.72. The molecular weight excluding hydrogens is 533 g/mol. The van der Waals surface area contributed by atoms with Crippen LogP contribution in [0.5, 0.6) is 11.5 Å². The molecule has 2 aromatic carbocycles. The standard InChI is InChI=1S/C24H25Cl2N9O3/c1-34-21-12(7-13(23(34)36)18-19(25)16(37-3)9-17(38-4)20(18)26)10-30-24(32-21)31-15-6-5-11(8-14(15)27)22(33-28)35(2)29/h5-10H,27-29H2,1-4H3,(H,30,31,32)/b33-22-. The van der Waals surface area contributed by atoms with Crippen molar-refractivity contribution in [3.05, 3.63) is 62.5 Å². The van der Waals surface area contributed by atoms with Crippen LogP contribution in [0.2, 0.25) is 10.0 Å². The minimum Gasteiger partial charge on any atom is -0.495 e. The number of pyridine rings is 1. The van der Waals surface area contributed by atoms with Crippen LogP contribution in [-0.2, 0) is 7.05 Å². The van der Waals surface area contributed by atoms with Gasteiger partial charge in [0.1, 0.15) is 17.1 Å². The Hall–Kier alpha value is -4.26. The van der Waals surface area contributed by atoms with Crippen LogP contribution in [0.25, 0.3) is 22.2 Å². The highest BCUT2D eigenvalue weighted by molar-refractivity contribution is 6.41. The number of nitrogens with two attached hydrogens (primary N) is 3. The minimum atomic E-state index is -0.385. The molecule has 2 aromatic heterocycles. The van der Waals surface area contributed by atoms with E-state index in [2.05, 4.69) is 20.4 Å². The lowest BCUT2D eigenvalue weighted by Crippen LogP contribution is -2.34. The van der Waals surface area contributed by atoms with Gasteiger partial charge in [0, 0.05) is 42.9 Å². The number of hydrazone groups is 1. The van der Waals surface area contributed by atoms with E-state index >= 15 is 0 Å². The van der Waals surface area contributed by atoms with Crippen LogP contribution >= 0.6 is 23.2 Å². The lowest BCUT2D eigenvalue weighted by atomic mass is 10.0. The van der Waals surface area contributed by atoms with Crippen molar-refractivity contribution in [1.82, 2.24) is 19.5 Å². The van der Waals surface area contributed by atoms with E-state index in [4.69, 9.17) is 50.1 Å². The Labute approximate surface area is 227 Å². The van der Waals surface area contributed by atoms with Gasteiger partial charge in [0.25, 0.3) is 5.56 Å². The third-order valence-electron chi connectivity index (χ3n) is 5.80. The maximum atomic E-state index is 13.4. The molecule has 7 N–H and O–H groups in total. The molecule has 0 bridgehead atoms. The largest absolute Gasteiger partial charge is 0.495 e. The van der Waals surface area contributed by atoms with Gasteiger partial charge in [-0.2, -0.15) is 10.1 Å². The Morgan fingerprint density at radius 3 is 2.34 bits per heavy atom. The summed E-state index contributed by atoms with van der Waals surface area (Å²) in [5, 5.41) is 8.95. The summed E-state index contributed by atoms with van der Waals surface area (Å²) < 4.78 is 12.1. The van der Waals surface area contributed by atoms with Crippen LogP contribution in [-0.4, -0.2) is 46.6 Å². The number of aryl methyl sites for hydroxylation is 1. The van der Waals surface area contributed by atoms with Gasteiger partial charge in [-0.3, -0.25) is 14.4 Å². The second-order valence-corrected chi connectivity index (χ2v) is 8.93. The van der Waals surface area contributed by atoms with Crippen molar-refractivity contribution in [2.24, 2.45) is 23.8 Å². The first-order valence-corrected chi connectivity index (χ1v) is 11.8. The number of nitrogens with one attached hydrogen (secondary N) is 1. The van der Waals surface area contributed by atoms with Gasteiger partial charge < -0.3 is 26.4 Å². The van der Waals surface area contributed by atoms with Crippen LogP contribution in [0.4, 0.5) is 17.3 Å². The van der Waals surface area contributed by atoms with E-state index in [1.807, 2.05) is 0 Å². The SMILES string of the molecule is COc1cc(OC)c(Cl)c(-c2cc3cnc(Nc4ccc(/C(=N/N)N(C)N)cc4N)nc3n(C)c2=O)c1Cl. The number of hydrogen-bond acceptors (Lipinski definition) is 10. The molecule has 4 aromatic rings. The van der Waals surface area contributed by atoms with Gasteiger partial charge in [0.05, 0.1) is 41.2 Å². The molecule has 0 amide bonds. The van der Waals surface area contributed by atoms with Gasteiger partial charge in [-0.1, -0.05) is 23.2 Å². The molecule has 0 fully saturated rings. The molecule has 0 saturated carbocycles. The Morgan fingerprint density at radius 1 is 1.13 bits per heavy atom. The molecule has 12 nitrogen and oxygen atoms in total. The fourth-order valence-corrected chi connectivity index (χ4v) is 4.62. The summed E-state index contributed by atoms with van der Waals surface area (Å²) in [7, 11) is 6.12. The number of halogens is 2. The van der Waals surface area contributed by atoms with E-state index < -0.39 is 0 Å². The summed E-state index contributed by atoms with van der Waals surface area (Å²) in [4.78, 5) is 22.3. The Morgan fingerprint density at radius 2 is 1.79 bits per heavy atom. The summed E-state index contributed by atoms with van der Waals surface area (Å²) in [6.07, 6.45) is 1.57. The van der Waals surface area contributed by atoms with Gasteiger partial charge in [0.2, 0.25) is 5.95 Å². The molecule has 4 rings (SSSR count). The van der Waals surface area contributed by atoms with Crippen molar-refractivity contribution in [2.45, 2.75) is 0 Å². The number of aromatic nitrogens is 3. The highest BCUT2D eigenvalue weighted by atomic mass is 35.5. The Bertz CT molecular complexity index is 1610. The van der Waals surface area contributed by atoms with E-state index in [1.54, 1.807) is 50.6 Å². The molecule has 38 heavy (non-hydrogen) atoms. The average Bonchev–Trinajstić information content (AvgIpc) is 2.89. The fraction of sp³-hybridized carbons (Fsp3) is 0.167. The summed E-state index contributed by atoms with van der Waals surface area (Å²) in [5.41, 5.74) is 8.26. The van der Waals surface area contributed by atoms with E-state index in [0.717, 1.165) is 0 Å². The van der Waals surface area contributed by atoms with Crippen molar-refractivity contribution in [1.29, 1.82) is 0 Å². The summed E-state index contributed by atoms with van der Waals surface area (Å²) >= 11 is 13.1. The highest BCUT2D eigenvalue weighted by Gasteiger charge is 2.22. The van der Waals surface area contributed by atoms with Gasteiger partial charge in [-0.25, -0.2) is 10.8 Å². The van der Waals surface area contributed by atoms with Gasteiger partial charge in [-0.15, -0.1) is 0 Å². The molecule has 0 aliphatic rings. The molecular formula is C24H25Cl2N9O3. The number of rotatable bonds is 6.